The maximum Gasteiger partial charge on any atom is 0.411 e. The molecule has 0 bridgehead atoms. The molecule has 3 aromatic rings. The lowest BCUT2D eigenvalue weighted by Crippen LogP contribution is -2.27. The standard InChI is InChI=1S/C25H26F2N4O3/c1-30-10-3-6-22(30)9-11-34-25(33)28-21-5-2-4-17(12-21)16-31-24(32)8-7-23(29-31)18-13-19(26)15-20(27)14-18/h2,4-5,7-8,12-15,22H,3,6,9-11,16H2,1H3,(H,28,33). The van der Waals surface area contributed by atoms with E-state index in [1.54, 1.807) is 24.3 Å². The molecule has 0 radical (unpaired) electrons. The van der Waals surface area contributed by atoms with E-state index in [1.807, 2.05) is 0 Å². The van der Waals surface area contributed by atoms with E-state index in [-0.39, 0.29) is 23.4 Å². The maximum atomic E-state index is 13.6. The van der Waals surface area contributed by atoms with E-state index in [0.717, 1.165) is 37.6 Å². The van der Waals surface area contributed by atoms with Crippen LogP contribution < -0.4 is 10.9 Å². The quantitative estimate of drug-likeness (QED) is 0.561. The van der Waals surface area contributed by atoms with Crippen LogP contribution in [0.25, 0.3) is 11.3 Å². The number of likely N-dealkylation sites (tertiary alicyclic amines) is 1. The summed E-state index contributed by atoms with van der Waals surface area (Å²) in [7, 11) is 2.08. The zero-order valence-electron chi connectivity index (χ0n) is 18.8. The Labute approximate surface area is 196 Å². The molecule has 0 spiro atoms. The van der Waals surface area contributed by atoms with Crippen molar-refractivity contribution in [3.05, 3.63) is 82.1 Å². The number of anilines is 1. The van der Waals surface area contributed by atoms with Gasteiger partial charge in [-0.1, -0.05) is 12.1 Å². The first-order chi connectivity index (χ1) is 16.4. The van der Waals surface area contributed by atoms with E-state index >= 15 is 0 Å². The largest absolute Gasteiger partial charge is 0.449 e. The van der Waals surface area contributed by atoms with Gasteiger partial charge in [0.25, 0.3) is 5.56 Å². The van der Waals surface area contributed by atoms with Crippen molar-refractivity contribution in [1.82, 2.24) is 14.7 Å². The number of carbonyl (C=O) groups is 1. The molecule has 1 amide bonds. The van der Waals surface area contributed by atoms with E-state index in [1.165, 1.54) is 23.2 Å². The van der Waals surface area contributed by atoms with Crippen molar-refractivity contribution >= 4 is 11.8 Å². The summed E-state index contributed by atoms with van der Waals surface area (Å²) in [5.74, 6) is -1.45. The highest BCUT2D eigenvalue weighted by atomic mass is 19.1. The van der Waals surface area contributed by atoms with Crippen molar-refractivity contribution in [1.29, 1.82) is 0 Å². The monoisotopic (exact) mass is 468 g/mol. The summed E-state index contributed by atoms with van der Waals surface area (Å²) >= 11 is 0. The summed E-state index contributed by atoms with van der Waals surface area (Å²) in [6, 6.07) is 13.2. The molecule has 34 heavy (non-hydrogen) atoms. The Morgan fingerprint density at radius 3 is 2.68 bits per heavy atom. The highest BCUT2D eigenvalue weighted by molar-refractivity contribution is 5.84. The zero-order valence-corrected chi connectivity index (χ0v) is 18.8. The number of hydrogen-bond donors (Lipinski definition) is 1. The maximum absolute atomic E-state index is 13.6. The minimum Gasteiger partial charge on any atom is -0.449 e. The Kier molecular flexibility index (Phi) is 7.32. The van der Waals surface area contributed by atoms with Crippen LogP contribution in [0.5, 0.6) is 0 Å². The molecule has 7 nitrogen and oxygen atoms in total. The van der Waals surface area contributed by atoms with Gasteiger partial charge in [-0.3, -0.25) is 10.1 Å². The van der Waals surface area contributed by atoms with Gasteiger partial charge in [-0.2, -0.15) is 5.10 Å². The van der Waals surface area contributed by atoms with Gasteiger partial charge in [-0.15, -0.1) is 0 Å². The minimum absolute atomic E-state index is 0.114. The fraction of sp³-hybridized carbons (Fsp3) is 0.320. The van der Waals surface area contributed by atoms with Gasteiger partial charge < -0.3 is 9.64 Å². The third-order valence-corrected chi connectivity index (χ3v) is 5.89. The minimum atomic E-state index is -0.726. The van der Waals surface area contributed by atoms with Gasteiger partial charge in [0.15, 0.2) is 0 Å². The lowest BCUT2D eigenvalue weighted by atomic mass is 10.1. The van der Waals surface area contributed by atoms with Crippen LogP contribution >= 0.6 is 0 Å². The van der Waals surface area contributed by atoms with Gasteiger partial charge in [0, 0.05) is 29.4 Å². The van der Waals surface area contributed by atoms with E-state index in [2.05, 4.69) is 22.4 Å². The number of ether oxygens (including phenoxy) is 1. The number of hydrogen-bond acceptors (Lipinski definition) is 5. The van der Waals surface area contributed by atoms with Crippen LogP contribution in [-0.4, -0.2) is 47.0 Å². The fourth-order valence-electron chi connectivity index (χ4n) is 4.12. The summed E-state index contributed by atoms with van der Waals surface area (Å²) in [6.45, 7) is 1.53. The van der Waals surface area contributed by atoms with Crippen molar-refractivity contribution < 1.29 is 18.3 Å². The van der Waals surface area contributed by atoms with Crippen molar-refractivity contribution in [3.8, 4) is 11.3 Å². The second-order valence-corrected chi connectivity index (χ2v) is 8.40. The molecule has 178 valence electrons. The molecule has 1 fully saturated rings. The normalized spacial score (nSPS) is 15.9. The zero-order chi connectivity index (χ0) is 24.1. The molecule has 1 atom stereocenters. The van der Waals surface area contributed by atoms with Crippen LogP contribution in [-0.2, 0) is 11.3 Å². The summed E-state index contributed by atoms with van der Waals surface area (Å²) in [5, 5.41) is 6.95. The summed E-state index contributed by atoms with van der Waals surface area (Å²) in [6.07, 6.45) is 2.54. The first kappa shape index (κ1) is 23.6. The third-order valence-electron chi connectivity index (χ3n) is 5.89. The lowest BCUT2D eigenvalue weighted by Gasteiger charge is -2.18. The van der Waals surface area contributed by atoms with Gasteiger partial charge in [-0.25, -0.2) is 18.3 Å². The number of benzene rings is 2. The Balaban J connectivity index is 1.40. The molecule has 1 unspecified atom stereocenters. The number of nitrogens with zero attached hydrogens (tertiary/aromatic N) is 3. The Morgan fingerprint density at radius 2 is 1.94 bits per heavy atom. The molecule has 1 N–H and O–H groups in total. The van der Waals surface area contributed by atoms with Crippen LogP contribution in [0, 0.1) is 11.6 Å². The van der Waals surface area contributed by atoms with E-state index in [0.29, 0.717) is 23.9 Å². The molecule has 1 aliphatic heterocycles. The Bertz CT molecular complexity index is 1210. The number of amides is 1. The Morgan fingerprint density at radius 1 is 1.15 bits per heavy atom. The number of halogens is 2. The molecule has 2 aromatic carbocycles. The molecular weight excluding hydrogens is 442 g/mol. The van der Waals surface area contributed by atoms with Crippen LogP contribution in [0.4, 0.5) is 19.3 Å². The number of nitrogens with one attached hydrogen (secondary N) is 1. The van der Waals surface area contributed by atoms with Crippen molar-refractivity contribution in [2.24, 2.45) is 0 Å². The molecule has 0 aliphatic carbocycles. The van der Waals surface area contributed by atoms with Crippen LogP contribution in [0.3, 0.4) is 0 Å². The van der Waals surface area contributed by atoms with Crippen molar-refractivity contribution in [2.45, 2.75) is 31.8 Å². The van der Waals surface area contributed by atoms with Gasteiger partial charge in [0.1, 0.15) is 11.6 Å². The van der Waals surface area contributed by atoms with Gasteiger partial charge in [0.2, 0.25) is 0 Å². The third kappa shape index (κ3) is 6.05. The van der Waals surface area contributed by atoms with Gasteiger partial charge in [-0.05, 0) is 68.8 Å². The second kappa shape index (κ2) is 10.6. The summed E-state index contributed by atoms with van der Waals surface area (Å²) in [4.78, 5) is 26.8. The van der Waals surface area contributed by atoms with Crippen molar-refractivity contribution in [3.63, 3.8) is 0 Å². The van der Waals surface area contributed by atoms with Crippen LogP contribution in [0.2, 0.25) is 0 Å². The predicted molar refractivity (Wildman–Crippen MR) is 125 cm³/mol. The molecule has 1 saturated heterocycles. The van der Waals surface area contributed by atoms with E-state index in [4.69, 9.17) is 4.74 Å². The average Bonchev–Trinajstić information content (AvgIpc) is 3.19. The topological polar surface area (TPSA) is 76.5 Å². The van der Waals surface area contributed by atoms with Gasteiger partial charge in [0.05, 0.1) is 18.8 Å². The lowest BCUT2D eigenvalue weighted by molar-refractivity contribution is 0.147. The van der Waals surface area contributed by atoms with Crippen LogP contribution in [0.15, 0.2) is 59.4 Å². The molecule has 1 aromatic heterocycles. The van der Waals surface area contributed by atoms with E-state index in [9.17, 15) is 18.4 Å². The SMILES string of the molecule is CN1CCCC1CCOC(=O)Nc1cccc(Cn2nc(-c3cc(F)cc(F)c3)ccc2=O)c1. The van der Waals surface area contributed by atoms with Gasteiger partial charge >= 0.3 is 6.09 Å². The highest BCUT2D eigenvalue weighted by Crippen LogP contribution is 2.20. The van der Waals surface area contributed by atoms with Crippen molar-refractivity contribution in [2.75, 3.05) is 25.5 Å². The molecule has 2 heterocycles. The first-order valence-corrected chi connectivity index (χ1v) is 11.1. The highest BCUT2D eigenvalue weighted by Gasteiger charge is 2.20. The molecule has 1 aliphatic rings. The average molecular weight is 469 g/mol. The molecule has 0 saturated carbocycles. The van der Waals surface area contributed by atoms with E-state index < -0.39 is 17.7 Å². The first-order valence-electron chi connectivity index (χ1n) is 11.1. The van der Waals surface area contributed by atoms with Crippen LogP contribution in [0.1, 0.15) is 24.8 Å². The molecule has 4 rings (SSSR count). The number of aromatic nitrogens is 2. The smallest absolute Gasteiger partial charge is 0.411 e. The summed E-state index contributed by atoms with van der Waals surface area (Å²) < 4.78 is 33.7. The summed E-state index contributed by atoms with van der Waals surface area (Å²) in [5.41, 5.74) is 1.37. The number of carbonyl (C=O) groups excluding carboxylic acids is 1. The fourth-order valence-corrected chi connectivity index (χ4v) is 4.12. The Hall–Kier alpha value is -3.59. The molecule has 9 heteroatoms. The number of rotatable bonds is 7. The predicted octanol–water partition coefficient (Wildman–Crippen LogP) is 4.27. The second-order valence-electron chi connectivity index (χ2n) is 8.40. The molecular formula is C25H26F2N4O3.